The third kappa shape index (κ3) is 5.81. The van der Waals surface area contributed by atoms with Crippen LogP contribution in [0.4, 0.5) is 0 Å². The van der Waals surface area contributed by atoms with Gasteiger partial charge >= 0.3 is 0 Å². The van der Waals surface area contributed by atoms with Crippen LogP contribution in [0.2, 0.25) is 0 Å². The third-order valence-electron chi connectivity index (χ3n) is 4.76. The van der Waals surface area contributed by atoms with E-state index >= 15 is 0 Å². The average molecular weight is 531 g/mol. The van der Waals surface area contributed by atoms with Gasteiger partial charge in [-0.2, -0.15) is 0 Å². The van der Waals surface area contributed by atoms with E-state index in [1.54, 1.807) is 13.3 Å². The van der Waals surface area contributed by atoms with E-state index in [1.165, 1.54) is 5.56 Å². The summed E-state index contributed by atoms with van der Waals surface area (Å²) in [6, 6.07) is 14.0. The van der Waals surface area contributed by atoms with Gasteiger partial charge in [-0.05, 0) is 37.6 Å². The van der Waals surface area contributed by atoms with E-state index in [0.717, 1.165) is 48.1 Å². The summed E-state index contributed by atoms with van der Waals surface area (Å²) in [5.41, 5.74) is 3.87. The molecule has 3 heterocycles. The van der Waals surface area contributed by atoms with Gasteiger partial charge in [-0.1, -0.05) is 23.8 Å². The molecular weight excluding hydrogens is 505 g/mol. The van der Waals surface area contributed by atoms with Crippen molar-refractivity contribution in [1.29, 1.82) is 0 Å². The van der Waals surface area contributed by atoms with Gasteiger partial charge in [-0.15, -0.1) is 34.2 Å². The molecule has 162 valence electrons. The normalized spacial score (nSPS) is 11.4. The fraction of sp³-hybridized carbons (Fsp3) is 0.273. The number of hydrogen-bond acceptors (Lipinski definition) is 5. The fourth-order valence-corrected chi connectivity index (χ4v) is 3.13. The molecule has 0 atom stereocenters. The maximum absolute atomic E-state index is 5.60. The number of benzene rings is 1. The number of fused-ring (bicyclic) bond motifs is 1. The van der Waals surface area contributed by atoms with Gasteiger partial charge in [-0.25, -0.2) is 4.98 Å². The predicted molar refractivity (Wildman–Crippen MR) is 132 cm³/mol. The van der Waals surface area contributed by atoms with Gasteiger partial charge in [0.2, 0.25) is 5.89 Å². The summed E-state index contributed by atoms with van der Waals surface area (Å²) < 4.78 is 7.62. The lowest BCUT2D eigenvalue weighted by molar-refractivity contribution is 0.572. The molecule has 9 heteroatoms. The van der Waals surface area contributed by atoms with Crippen molar-refractivity contribution >= 4 is 35.6 Å². The van der Waals surface area contributed by atoms with Crippen molar-refractivity contribution < 1.29 is 4.42 Å². The Morgan fingerprint density at radius 3 is 2.74 bits per heavy atom. The lowest BCUT2D eigenvalue weighted by atomic mass is 10.1. The number of nitrogens with one attached hydrogen (secondary N) is 2. The second-order valence-electron chi connectivity index (χ2n) is 7.01. The summed E-state index contributed by atoms with van der Waals surface area (Å²) in [5.74, 6) is 2.30. The second kappa shape index (κ2) is 10.9. The van der Waals surface area contributed by atoms with Crippen molar-refractivity contribution in [3.63, 3.8) is 0 Å². The van der Waals surface area contributed by atoms with E-state index in [1.807, 2.05) is 53.1 Å². The quantitative estimate of drug-likeness (QED) is 0.164. The summed E-state index contributed by atoms with van der Waals surface area (Å²) in [6.07, 6.45) is 5.41. The topological polar surface area (TPSA) is 92.6 Å². The van der Waals surface area contributed by atoms with Crippen molar-refractivity contribution in [2.24, 2.45) is 4.99 Å². The largest absolute Gasteiger partial charge is 0.444 e. The van der Waals surface area contributed by atoms with Crippen LogP contribution in [0.25, 0.3) is 17.1 Å². The molecule has 0 unspecified atom stereocenters. The minimum Gasteiger partial charge on any atom is -0.444 e. The van der Waals surface area contributed by atoms with Crippen molar-refractivity contribution in [3.8, 4) is 11.5 Å². The van der Waals surface area contributed by atoms with Gasteiger partial charge in [0.25, 0.3) is 0 Å². The molecule has 0 saturated carbocycles. The molecule has 31 heavy (non-hydrogen) atoms. The smallest absolute Gasteiger partial charge is 0.226 e. The molecule has 4 aromatic rings. The Labute approximate surface area is 198 Å². The van der Waals surface area contributed by atoms with Crippen LogP contribution in [0.3, 0.4) is 0 Å². The highest BCUT2D eigenvalue weighted by molar-refractivity contribution is 14.0. The Morgan fingerprint density at radius 2 is 1.94 bits per heavy atom. The summed E-state index contributed by atoms with van der Waals surface area (Å²) in [7, 11) is 1.75. The number of aromatic nitrogens is 4. The number of halogens is 1. The van der Waals surface area contributed by atoms with E-state index < -0.39 is 0 Å². The van der Waals surface area contributed by atoms with Gasteiger partial charge < -0.3 is 15.1 Å². The van der Waals surface area contributed by atoms with Crippen LogP contribution in [0.5, 0.6) is 0 Å². The number of aryl methyl sites for hydroxylation is 2. The van der Waals surface area contributed by atoms with Gasteiger partial charge in [-0.3, -0.25) is 9.39 Å². The number of pyridine rings is 1. The Morgan fingerprint density at radius 1 is 1.10 bits per heavy atom. The van der Waals surface area contributed by atoms with Crippen LogP contribution < -0.4 is 10.6 Å². The highest BCUT2D eigenvalue weighted by Crippen LogP contribution is 2.18. The molecule has 0 aliphatic rings. The Hall–Kier alpha value is -2.95. The maximum atomic E-state index is 5.60. The lowest BCUT2D eigenvalue weighted by Gasteiger charge is -2.10. The Bertz CT molecular complexity index is 1130. The van der Waals surface area contributed by atoms with Crippen LogP contribution in [-0.2, 0) is 13.0 Å². The number of oxazole rings is 1. The number of rotatable bonds is 7. The van der Waals surface area contributed by atoms with Gasteiger partial charge in [0.1, 0.15) is 12.1 Å². The standard InChI is InChI=1S/C22H25N7O.HI/c1-16-8-10-17(11-9-16)21-26-18(15-30-21)14-25-22(23-2)24-12-5-7-20-28-27-19-6-3-4-13-29(19)20;/h3-4,6,8-11,13,15H,5,7,12,14H2,1-2H3,(H2,23,24,25);1H. The molecule has 8 nitrogen and oxygen atoms in total. The zero-order valence-corrected chi connectivity index (χ0v) is 19.9. The first-order valence-corrected chi connectivity index (χ1v) is 9.97. The van der Waals surface area contributed by atoms with Crippen molar-refractivity contribution in [1.82, 2.24) is 30.2 Å². The SMILES string of the molecule is CN=C(NCCCc1nnc2ccccn12)NCc1coc(-c2ccc(C)cc2)n1.I. The van der Waals surface area contributed by atoms with Crippen LogP contribution in [0, 0.1) is 6.92 Å². The number of hydrogen-bond donors (Lipinski definition) is 2. The molecule has 0 bridgehead atoms. The van der Waals surface area contributed by atoms with Crippen molar-refractivity contribution in [2.75, 3.05) is 13.6 Å². The summed E-state index contributed by atoms with van der Waals surface area (Å²) in [6.45, 7) is 3.36. The van der Waals surface area contributed by atoms with Crippen LogP contribution in [0.1, 0.15) is 23.5 Å². The molecule has 0 saturated heterocycles. The molecule has 0 radical (unpaired) electrons. The monoisotopic (exact) mass is 531 g/mol. The van der Waals surface area contributed by atoms with Gasteiger partial charge in [0.05, 0.1) is 12.2 Å². The molecule has 2 N–H and O–H groups in total. The van der Waals surface area contributed by atoms with Crippen LogP contribution >= 0.6 is 24.0 Å². The molecule has 0 aliphatic carbocycles. The Balaban J connectivity index is 0.00000272. The van der Waals surface area contributed by atoms with Gasteiger partial charge in [0.15, 0.2) is 11.6 Å². The Kier molecular flexibility index (Phi) is 7.99. The van der Waals surface area contributed by atoms with Crippen molar-refractivity contribution in [2.45, 2.75) is 26.3 Å². The highest BCUT2D eigenvalue weighted by atomic mass is 127. The zero-order chi connectivity index (χ0) is 20.8. The fourth-order valence-electron chi connectivity index (χ4n) is 3.13. The second-order valence-corrected chi connectivity index (χ2v) is 7.01. The van der Waals surface area contributed by atoms with Gasteiger partial charge in [0, 0.05) is 31.8 Å². The van der Waals surface area contributed by atoms with Crippen molar-refractivity contribution in [3.05, 3.63) is 72.0 Å². The van der Waals surface area contributed by atoms with Crippen LogP contribution in [0.15, 0.2) is 64.3 Å². The summed E-state index contributed by atoms with van der Waals surface area (Å²) >= 11 is 0. The predicted octanol–water partition coefficient (Wildman–Crippen LogP) is 3.61. The number of guanidine groups is 1. The molecule has 0 spiro atoms. The van der Waals surface area contributed by atoms with Crippen LogP contribution in [-0.4, -0.2) is 39.1 Å². The number of aliphatic imine (C=N–C) groups is 1. The maximum Gasteiger partial charge on any atom is 0.226 e. The van der Waals surface area contributed by atoms with E-state index in [9.17, 15) is 0 Å². The molecule has 1 aromatic carbocycles. The zero-order valence-electron chi connectivity index (χ0n) is 17.6. The molecule has 0 amide bonds. The molecule has 0 aliphatic heterocycles. The molecule has 0 fully saturated rings. The minimum atomic E-state index is 0. The first-order valence-electron chi connectivity index (χ1n) is 9.97. The molecule has 3 aromatic heterocycles. The number of nitrogens with zero attached hydrogens (tertiary/aromatic N) is 5. The molecule has 4 rings (SSSR count). The van der Waals surface area contributed by atoms with E-state index in [-0.39, 0.29) is 24.0 Å². The van der Waals surface area contributed by atoms with E-state index in [0.29, 0.717) is 12.4 Å². The van der Waals surface area contributed by atoms with E-state index in [2.05, 4.69) is 37.7 Å². The first kappa shape index (κ1) is 22.7. The average Bonchev–Trinajstić information content (AvgIpc) is 3.41. The minimum absolute atomic E-state index is 0. The summed E-state index contributed by atoms with van der Waals surface area (Å²) in [4.78, 5) is 8.81. The lowest BCUT2D eigenvalue weighted by Crippen LogP contribution is -2.37. The first-order chi connectivity index (χ1) is 14.7. The summed E-state index contributed by atoms with van der Waals surface area (Å²) in [5, 5.41) is 15.0. The molecular formula is C22H26IN7O. The van der Waals surface area contributed by atoms with E-state index in [4.69, 9.17) is 4.42 Å². The highest BCUT2D eigenvalue weighted by Gasteiger charge is 2.08. The third-order valence-corrected chi connectivity index (χ3v) is 4.76.